The molecule has 0 N–H and O–H groups in total. The minimum atomic E-state index is -0.864. The molecule has 0 aliphatic rings. The highest BCUT2D eigenvalue weighted by molar-refractivity contribution is 6.25. The molecule has 0 saturated heterocycles. The van der Waals surface area contributed by atoms with Crippen LogP contribution in [0.25, 0.3) is 87.6 Å². The van der Waals surface area contributed by atoms with Crippen molar-refractivity contribution >= 4 is 54.3 Å². The first-order valence-corrected chi connectivity index (χ1v) is 13.0. The summed E-state index contributed by atoms with van der Waals surface area (Å²) < 4.78 is 200. The maximum Gasteiger partial charge on any atom is 0.136 e. The van der Waals surface area contributed by atoms with Crippen molar-refractivity contribution in [2.45, 2.75) is 0 Å². The van der Waals surface area contributed by atoms with Crippen molar-refractivity contribution in [3.63, 3.8) is 0 Å². The van der Waals surface area contributed by atoms with Crippen LogP contribution in [0.1, 0.15) is 30.2 Å². The third-order valence-corrected chi connectivity index (χ3v) is 7.33. The second kappa shape index (κ2) is 9.44. The Labute approximate surface area is 280 Å². The number of para-hydroxylation sites is 1. The molecule has 0 saturated carbocycles. The van der Waals surface area contributed by atoms with Crippen LogP contribution >= 0.6 is 0 Å². The van der Waals surface area contributed by atoms with E-state index in [0.717, 1.165) is 12.1 Å². The molecule has 0 amide bonds. The molecule has 9 rings (SSSR count). The van der Waals surface area contributed by atoms with Crippen LogP contribution in [0.5, 0.6) is 0 Å². The lowest BCUT2D eigenvalue weighted by Gasteiger charge is -2.19. The Bertz CT molecular complexity index is 3670. The van der Waals surface area contributed by atoms with E-state index in [1.54, 1.807) is 0 Å². The number of rotatable bonds is 3. The van der Waals surface area contributed by atoms with E-state index in [1.807, 2.05) is 0 Å². The van der Waals surface area contributed by atoms with Crippen LogP contribution in [0.3, 0.4) is 0 Å². The van der Waals surface area contributed by atoms with Crippen molar-refractivity contribution in [1.82, 2.24) is 0 Å². The van der Waals surface area contributed by atoms with Gasteiger partial charge in [-0.2, -0.15) is 0 Å². The predicted octanol–water partition coefficient (Wildman–Crippen LogP) is 12.0. The summed E-state index contributed by atoms with van der Waals surface area (Å²) >= 11 is 0. The van der Waals surface area contributed by atoms with Crippen LogP contribution in [0.15, 0.2) is 162 Å². The fourth-order valence-corrected chi connectivity index (χ4v) is 5.56. The van der Waals surface area contributed by atoms with E-state index < -0.39 is 172 Å². The van der Waals surface area contributed by atoms with Gasteiger partial charge in [-0.3, -0.25) is 0 Å². The Morgan fingerprint density at radius 1 is 0.395 bits per heavy atom. The Hall–Kier alpha value is -5.66. The fraction of sp³-hybridized carbons (Fsp3) is 0. The van der Waals surface area contributed by atoms with E-state index in [0.29, 0.717) is 0 Å². The van der Waals surface area contributed by atoms with E-state index in [2.05, 4.69) is 0 Å². The lowest BCUT2D eigenvalue weighted by atomic mass is 9.84. The summed E-state index contributed by atoms with van der Waals surface area (Å²) in [7, 11) is 0. The molecule has 0 fully saturated rings. The van der Waals surface area contributed by atoms with Gasteiger partial charge in [-0.05, 0) is 83.8 Å². The molecule has 1 nitrogen and oxygen atoms in total. The number of fused-ring (bicyclic) bond motifs is 6. The van der Waals surface area contributed by atoms with Crippen molar-refractivity contribution in [1.29, 1.82) is 0 Å². The van der Waals surface area contributed by atoms with Crippen molar-refractivity contribution in [2.24, 2.45) is 0 Å². The molecule has 200 valence electrons. The van der Waals surface area contributed by atoms with Crippen LogP contribution in [-0.4, -0.2) is 0 Å². The van der Waals surface area contributed by atoms with Crippen molar-refractivity contribution in [3.8, 4) is 33.4 Å². The van der Waals surface area contributed by atoms with E-state index in [1.165, 1.54) is 12.1 Å². The Morgan fingerprint density at radius 3 is 1.74 bits per heavy atom. The SMILES string of the molecule is [2H]c1cc2c(-c3c([2H])c([2H])c([2H])c(-c4c([2H])c([2H])c([2H])c5c([2H])c([2H])c([2H])c([2H])c45)c3[2H])c3cc([2H])c([2H])cc3c(-c3c([2H])c([2H])c([2H])c4oc5c([2H])c([2H])c([2H])c([2H])c5c34)c2cc1[2H]. The lowest BCUT2D eigenvalue weighted by molar-refractivity contribution is 0.669. The highest BCUT2D eigenvalue weighted by Crippen LogP contribution is 2.47. The summed E-state index contributed by atoms with van der Waals surface area (Å²) in [6.07, 6.45) is 0. The first kappa shape index (κ1) is 10.9. The number of hydrogen-bond donors (Lipinski definition) is 0. The summed E-state index contributed by atoms with van der Waals surface area (Å²) in [5, 5.41) is -1.81. The topological polar surface area (TPSA) is 13.1 Å². The quantitative estimate of drug-likeness (QED) is 0.193. The summed E-state index contributed by atoms with van der Waals surface area (Å²) in [6.45, 7) is 0. The van der Waals surface area contributed by atoms with Gasteiger partial charge >= 0.3 is 0 Å². The largest absolute Gasteiger partial charge is 0.456 e. The minimum Gasteiger partial charge on any atom is -0.456 e. The number of benzene rings is 8. The van der Waals surface area contributed by atoms with Crippen LogP contribution in [0, 0.1) is 0 Å². The molecule has 43 heavy (non-hydrogen) atoms. The molecule has 9 aromatic rings. The smallest absolute Gasteiger partial charge is 0.136 e. The number of hydrogen-bond acceptors (Lipinski definition) is 1. The molecule has 8 aromatic carbocycles. The van der Waals surface area contributed by atoms with Gasteiger partial charge < -0.3 is 4.42 Å². The summed E-state index contributed by atoms with van der Waals surface area (Å²) in [5.41, 5.74) is -3.07. The van der Waals surface area contributed by atoms with Crippen molar-refractivity contribution in [3.05, 3.63) is 157 Å². The minimum absolute atomic E-state index is 0.0673. The van der Waals surface area contributed by atoms with E-state index in [-0.39, 0.29) is 49.0 Å². The molecule has 1 heteroatoms. The van der Waals surface area contributed by atoms with Crippen LogP contribution < -0.4 is 0 Å². The maximum absolute atomic E-state index is 9.79. The number of furan rings is 1. The molecule has 0 atom stereocenters. The average Bonchev–Trinajstić information content (AvgIpc) is 3.67. The van der Waals surface area contributed by atoms with Gasteiger partial charge in [0.2, 0.25) is 0 Å². The second-order valence-electron chi connectivity index (χ2n) is 9.57. The molecule has 0 bridgehead atoms. The van der Waals surface area contributed by atoms with Crippen molar-refractivity contribution < 1.29 is 34.6 Å². The van der Waals surface area contributed by atoms with Gasteiger partial charge in [0.1, 0.15) is 11.2 Å². The molecule has 1 aromatic heterocycles. The van der Waals surface area contributed by atoms with Gasteiger partial charge in [0, 0.05) is 10.8 Å². The molecule has 0 aliphatic heterocycles. The lowest BCUT2D eigenvalue weighted by Crippen LogP contribution is -1.91. The van der Waals surface area contributed by atoms with Gasteiger partial charge in [-0.15, -0.1) is 0 Å². The molecule has 0 radical (unpaired) electrons. The average molecular weight is 569 g/mol. The first-order chi connectivity index (χ1) is 30.5. The highest BCUT2D eigenvalue weighted by Gasteiger charge is 2.20. The predicted molar refractivity (Wildman–Crippen MR) is 183 cm³/mol. The summed E-state index contributed by atoms with van der Waals surface area (Å²) in [4.78, 5) is 0. The van der Waals surface area contributed by atoms with Crippen LogP contribution in [0.2, 0.25) is 0 Å². The Morgan fingerprint density at radius 2 is 0.953 bits per heavy atom. The molecule has 0 unspecified atom stereocenters. The van der Waals surface area contributed by atoms with Crippen LogP contribution in [-0.2, 0) is 0 Å². The molecular weight excluding hydrogens is 520 g/mol. The van der Waals surface area contributed by atoms with E-state index in [4.69, 9.17) is 30.5 Å². The van der Waals surface area contributed by atoms with Gasteiger partial charge in [-0.1, -0.05) is 139 Å². The molecular formula is C42H26O. The summed E-state index contributed by atoms with van der Waals surface area (Å²) in [6, 6.07) is -10.4. The zero-order valence-corrected chi connectivity index (χ0v) is 21.7. The molecule has 0 spiro atoms. The van der Waals surface area contributed by atoms with Gasteiger partial charge in [0.25, 0.3) is 0 Å². The van der Waals surface area contributed by atoms with E-state index in [9.17, 15) is 4.11 Å². The molecule has 0 aliphatic carbocycles. The van der Waals surface area contributed by atoms with Crippen LogP contribution in [0.4, 0.5) is 0 Å². The Balaban J connectivity index is 1.56. The maximum atomic E-state index is 9.79. The van der Waals surface area contributed by atoms with Crippen molar-refractivity contribution in [2.75, 3.05) is 0 Å². The third kappa shape index (κ3) is 3.65. The fourth-order valence-electron chi connectivity index (χ4n) is 5.56. The van der Waals surface area contributed by atoms with Gasteiger partial charge in [0.15, 0.2) is 0 Å². The third-order valence-electron chi connectivity index (χ3n) is 7.33. The monoisotopic (exact) mass is 568 g/mol. The standard InChI is InChI=1S/C42H26O/c1-2-16-30-27(12-1)13-10-22-31(30)28-14-9-15-29(26-28)40-32-17-3-5-19-34(32)41(35-20-6-4-18-33(35)40)37-23-11-25-39-42(37)36-21-7-8-24-38(36)43-39/h1-26H/i1D,2D,3D,4D,5D,6D,7D,8D,9D,10D,11D,12D,13D,14D,15D,16D,21D,22D,23D,24D,25D,26D. The first-order valence-electron chi connectivity index (χ1n) is 24.0. The summed E-state index contributed by atoms with van der Waals surface area (Å²) in [5.74, 6) is 0. The van der Waals surface area contributed by atoms with Gasteiger partial charge in [0.05, 0.1) is 30.2 Å². The highest BCUT2D eigenvalue weighted by atomic mass is 16.3. The van der Waals surface area contributed by atoms with E-state index >= 15 is 0 Å². The zero-order chi connectivity index (χ0) is 47.5. The Kier molecular flexibility index (Phi) is 2.39. The second-order valence-corrected chi connectivity index (χ2v) is 9.57. The molecule has 1 heterocycles. The van der Waals surface area contributed by atoms with Gasteiger partial charge in [-0.25, -0.2) is 0 Å². The normalized spacial score (nSPS) is 18.9. The zero-order valence-electron chi connectivity index (χ0n) is 43.7.